The van der Waals surface area contributed by atoms with Gasteiger partial charge in [0.25, 0.3) is 0 Å². The molecule has 23 heavy (non-hydrogen) atoms. The molecule has 6 heteroatoms. The van der Waals surface area contributed by atoms with E-state index >= 15 is 0 Å². The Bertz CT molecular complexity index is 385. The molecule has 1 saturated heterocycles. The van der Waals surface area contributed by atoms with Crippen LogP contribution in [0.3, 0.4) is 0 Å². The van der Waals surface area contributed by atoms with Crippen molar-refractivity contribution in [3.05, 3.63) is 0 Å². The van der Waals surface area contributed by atoms with E-state index in [0.717, 1.165) is 6.54 Å². The van der Waals surface area contributed by atoms with Gasteiger partial charge in [0.05, 0.1) is 6.54 Å². The summed E-state index contributed by atoms with van der Waals surface area (Å²) < 4.78 is 5.36. The summed E-state index contributed by atoms with van der Waals surface area (Å²) in [5.74, 6) is 0.703. The Balaban J connectivity index is 2.27. The van der Waals surface area contributed by atoms with E-state index in [1.807, 2.05) is 25.7 Å². The fourth-order valence-corrected chi connectivity index (χ4v) is 2.60. The van der Waals surface area contributed by atoms with Crippen LogP contribution < -0.4 is 5.32 Å². The van der Waals surface area contributed by atoms with Crippen molar-refractivity contribution in [3.63, 3.8) is 0 Å². The van der Waals surface area contributed by atoms with E-state index in [1.165, 1.54) is 12.8 Å². The van der Waals surface area contributed by atoms with Gasteiger partial charge >= 0.3 is 6.09 Å². The molecule has 0 spiro atoms. The van der Waals surface area contributed by atoms with Crippen molar-refractivity contribution in [2.45, 2.75) is 53.1 Å². The molecule has 6 nitrogen and oxygen atoms in total. The van der Waals surface area contributed by atoms with E-state index in [2.05, 4.69) is 19.2 Å². The molecule has 0 aromatic carbocycles. The molecular formula is C17H33N3O3. The average Bonchev–Trinajstić information content (AvgIpc) is 2.46. The van der Waals surface area contributed by atoms with Gasteiger partial charge in [-0.05, 0) is 39.7 Å². The molecular weight excluding hydrogens is 294 g/mol. The van der Waals surface area contributed by atoms with Crippen LogP contribution in [0.15, 0.2) is 0 Å². The molecule has 0 aromatic rings. The molecule has 1 heterocycles. The van der Waals surface area contributed by atoms with Gasteiger partial charge in [-0.15, -0.1) is 0 Å². The van der Waals surface area contributed by atoms with Crippen LogP contribution in [0.1, 0.15) is 47.5 Å². The van der Waals surface area contributed by atoms with E-state index < -0.39 is 5.60 Å². The molecule has 134 valence electrons. The van der Waals surface area contributed by atoms with Crippen molar-refractivity contribution in [2.24, 2.45) is 5.92 Å². The van der Waals surface area contributed by atoms with Gasteiger partial charge in [0, 0.05) is 26.2 Å². The largest absolute Gasteiger partial charge is 0.444 e. The van der Waals surface area contributed by atoms with E-state index in [-0.39, 0.29) is 12.0 Å². The van der Waals surface area contributed by atoms with Crippen LogP contribution in [0.5, 0.6) is 0 Å². The lowest BCUT2D eigenvalue weighted by atomic mass is 10.1. The van der Waals surface area contributed by atoms with Gasteiger partial charge in [-0.2, -0.15) is 0 Å². The lowest BCUT2D eigenvalue weighted by Gasteiger charge is -2.35. The van der Waals surface area contributed by atoms with Crippen molar-refractivity contribution in [3.8, 4) is 0 Å². The van der Waals surface area contributed by atoms with Crippen LogP contribution >= 0.6 is 0 Å². The van der Waals surface area contributed by atoms with Crippen LogP contribution in [-0.4, -0.2) is 66.7 Å². The number of ether oxygens (including phenoxy) is 1. The molecule has 0 bridgehead atoms. The Morgan fingerprint density at radius 1 is 1.13 bits per heavy atom. The number of hydrogen-bond acceptors (Lipinski definition) is 4. The van der Waals surface area contributed by atoms with E-state index in [0.29, 0.717) is 38.6 Å². The SMILES string of the molecule is CCCC(C)CNCC(=O)N1CCN(C(=O)OC(C)(C)C)CC1. The van der Waals surface area contributed by atoms with Crippen molar-refractivity contribution in [1.82, 2.24) is 15.1 Å². The van der Waals surface area contributed by atoms with Gasteiger partial charge in [0.15, 0.2) is 0 Å². The second-order valence-corrected chi connectivity index (χ2v) is 7.37. The number of rotatable bonds is 6. The van der Waals surface area contributed by atoms with E-state index in [4.69, 9.17) is 4.74 Å². The zero-order valence-corrected chi connectivity index (χ0v) is 15.4. The van der Waals surface area contributed by atoms with Crippen molar-refractivity contribution >= 4 is 12.0 Å². The summed E-state index contributed by atoms with van der Waals surface area (Å²) in [6, 6.07) is 0. The third kappa shape index (κ3) is 7.68. The van der Waals surface area contributed by atoms with E-state index in [1.54, 1.807) is 4.90 Å². The molecule has 1 atom stereocenters. The van der Waals surface area contributed by atoms with Crippen molar-refractivity contribution in [2.75, 3.05) is 39.3 Å². The van der Waals surface area contributed by atoms with Crippen LogP contribution in [0.4, 0.5) is 4.79 Å². The van der Waals surface area contributed by atoms with Crippen LogP contribution in [-0.2, 0) is 9.53 Å². The second-order valence-electron chi connectivity index (χ2n) is 7.37. The second kappa shape index (κ2) is 9.11. The molecule has 1 N–H and O–H groups in total. The Labute approximate surface area is 140 Å². The normalized spacial score (nSPS) is 17.1. The molecule has 0 aliphatic carbocycles. The van der Waals surface area contributed by atoms with Crippen LogP contribution in [0.2, 0.25) is 0 Å². The number of piperazine rings is 1. The van der Waals surface area contributed by atoms with Gasteiger partial charge in [-0.1, -0.05) is 20.3 Å². The Hall–Kier alpha value is -1.30. The quantitative estimate of drug-likeness (QED) is 0.811. The number of nitrogens with one attached hydrogen (secondary N) is 1. The smallest absolute Gasteiger partial charge is 0.410 e. The summed E-state index contributed by atoms with van der Waals surface area (Å²) in [4.78, 5) is 27.6. The molecule has 1 aliphatic rings. The molecule has 0 radical (unpaired) electrons. The first-order valence-corrected chi connectivity index (χ1v) is 8.69. The third-order valence-electron chi connectivity index (χ3n) is 3.83. The van der Waals surface area contributed by atoms with Crippen LogP contribution in [0, 0.1) is 5.92 Å². The maximum atomic E-state index is 12.2. The molecule has 1 aliphatic heterocycles. The lowest BCUT2D eigenvalue weighted by molar-refractivity contribution is -0.132. The Morgan fingerprint density at radius 3 is 2.22 bits per heavy atom. The summed E-state index contributed by atoms with van der Waals surface area (Å²) in [7, 11) is 0. The van der Waals surface area contributed by atoms with Crippen LogP contribution in [0.25, 0.3) is 0 Å². The standard InChI is InChI=1S/C17H33N3O3/c1-6-7-14(2)12-18-13-15(21)19-8-10-20(11-9-19)16(22)23-17(3,4)5/h14,18H,6-13H2,1-5H3. The fraction of sp³-hybridized carbons (Fsp3) is 0.882. The molecule has 0 aromatic heterocycles. The monoisotopic (exact) mass is 327 g/mol. The van der Waals surface area contributed by atoms with Gasteiger partial charge in [-0.3, -0.25) is 4.79 Å². The summed E-state index contributed by atoms with van der Waals surface area (Å²) in [5, 5.41) is 3.24. The van der Waals surface area contributed by atoms with Gasteiger partial charge < -0.3 is 19.9 Å². The zero-order chi connectivity index (χ0) is 17.5. The molecule has 1 fully saturated rings. The maximum absolute atomic E-state index is 12.2. The first-order valence-electron chi connectivity index (χ1n) is 8.69. The first-order chi connectivity index (χ1) is 10.7. The molecule has 2 amide bonds. The minimum absolute atomic E-state index is 0.109. The topological polar surface area (TPSA) is 61.9 Å². The van der Waals surface area contributed by atoms with Gasteiger partial charge in [-0.25, -0.2) is 4.79 Å². The molecule has 0 saturated carbocycles. The summed E-state index contributed by atoms with van der Waals surface area (Å²) in [6.45, 7) is 13.4. The summed E-state index contributed by atoms with van der Waals surface area (Å²) in [6.07, 6.45) is 2.05. The lowest BCUT2D eigenvalue weighted by Crippen LogP contribution is -2.53. The van der Waals surface area contributed by atoms with Gasteiger partial charge in [0.1, 0.15) is 5.60 Å². The van der Waals surface area contributed by atoms with Gasteiger partial charge in [0.2, 0.25) is 5.91 Å². The predicted molar refractivity (Wildman–Crippen MR) is 91.3 cm³/mol. The van der Waals surface area contributed by atoms with Crippen molar-refractivity contribution < 1.29 is 14.3 Å². The minimum atomic E-state index is -0.483. The summed E-state index contributed by atoms with van der Waals surface area (Å²) >= 11 is 0. The predicted octanol–water partition coefficient (Wildman–Crippen LogP) is 2.09. The maximum Gasteiger partial charge on any atom is 0.410 e. The number of carbonyl (C=O) groups is 2. The number of nitrogens with zero attached hydrogens (tertiary/aromatic N) is 2. The fourth-order valence-electron chi connectivity index (χ4n) is 2.60. The highest BCUT2D eigenvalue weighted by molar-refractivity contribution is 5.78. The highest BCUT2D eigenvalue weighted by Gasteiger charge is 2.27. The highest BCUT2D eigenvalue weighted by atomic mass is 16.6. The zero-order valence-electron chi connectivity index (χ0n) is 15.4. The number of amides is 2. The van der Waals surface area contributed by atoms with Crippen molar-refractivity contribution in [1.29, 1.82) is 0 Å². The van der Waals surface area contributed by atoms with E-state index in [9.17, 15) is 9.59 Å². The molecule has 1 rings (SSSR count). The number of hydrogen-bond donors (Lipinski definition) is 1. The Morgan fingerprint density at radius 2 is 1.70 bits per heavy atom. The average molecular weight is 327 g/mol. The number of carbonyl (C=O) groups excluding carboxylic acids is 2. The Kier molecular flexibility index (Phi) is 7.82. The minimum Gasteiger partial charge on any atom is -0.444 e. The third-order valence-corrected chi connectivity index (χ3v) is 3.83. The molecule has 1 unspecified atom stereocenters. The highest BCUT2D eigenvalue weighted by Crippen LogP contribution is 2.12. The summed E-state index contributed by atoms with van der Waals surface area (Å²) in [5.41, 5.74) is -0.483. The first kappa shape index (κ1) is 19.7.